The summed E-state index contributed by atoms with van der Waals surface area (Å²) < 4.78 is 27.2. The SMILES string of the molecule is Cn1cc(NC(=O)c2cccc(S(=O)(=O)C3CCCC3)n2)c(N2CCC(C)(C)C2=O)n1. The number of sulfone groups is 1. The number of aryl methyl sites for hydroxylation is 1. The standard InChI is InChI=1S/C21H27N5O4S/c1-21(2)11-12-26(20(21)28)18-16(13-25(3)24-18)23-19(27)15-9-6-10-17(22-15)31(29,30)14-7-4-5-8-14/h6,9-10,13-14H,4-5,7-8,11-12H2,1-3H3,(H,23,27). The first-order valence-corrected chi connectivity index (χ1v) is 12.0. The maximum atomic E-state index is 12.9. The number of anilines is 2. The summed E-state index contributed by atoms with van der Waals surface area (Å²) in [5.74, 6) is -0.228. The van der Waals surface area contributed by atoms with Crippen molar-refractivity contribution in [1.29, 1.82) is 0 Å². The van der Waals surface area contributed by atoms with E-state index in [1.165, 1.54) is 22.9 Å². The van der Waals surface area contributed by atoms with E-state index < -0.39 is 26.4 Å². The van der Waals surface area contributed by atoms with Gasteiger partial charge in [0.25, 0.3) is 5.91 Å². The van der Waals surface area contributed by atoms with Gasteiger partial charge in [-0.25, -0.2) is 13.4 Å². The summed E-state index contributed by atoms with van der Waals surface area (Å²) in [7, 11) is -1.86. The smallest absolute Gasteiger partial charge is 0.274 e. The highest BCUT2D eigenvalue weighted by molar-refractivity contribution is 7.92. The molecule has 0 atom stereocenters. The summed E-state index contributed by atoms with van der Waals surface area (Å²) in [6.45, 7) is 4.28. The van der Waals surface area contributed by atoms with Gasteiger partial charge in [-0.2, -0.15) is 5.10 Å². The van der Waals surface area contributed by atoms with E-state index in [4.69, 9.17) is 0 Å². The van der Waals surface area contributed by atoms with E-state index in [0.29, 0.717) is 37.3 Å². The number of aromatic nitrogens is 3. The maximum Gasteiger partial charge on any atom is 0.274 e. The Morgan fingerprint density at radius 3 is 2.58 bits per heavy atom. The van der Waals surface area contributed by atoms with E-state index in [9.17, 15) is 18.0 Å². The quantitative estimate of drug-likeness (QED) is 0.756. The lowest BCUT2D eigenvalue weighted by Crippen LogP contribution is -2.32. The Bertz CT molecular complexity index is 1130. The third-order valence-electron chi connectivity index (χ3n) is 6.09. The zero-order valence-corrected chi connectivity index (χ0v) is 18.8. The number of nitrogens with one attached hydrogen (secondary N) is 1. The number of nitrogens with zero attached hydrogens (tertiary/aromatic N) is 4. The van der Waals surface area contributed by atoms with E-state index in [1.54, 1.807) is 18.1 Å². The minimum absolute atomic E-state index is 0.00181. The van der Waals surface area contributed by atoms with Crippen LogP contribution < -0.4 is 10.2 Å². The van der Waals surface area contributed by atoms with Crippen molar-refractivity contribution in [2.45, 2.75) is 56.2 Å². The first-order chi connectivity index (χ1) is 14.6. The van der Waals surface area contributed by atoms with Gasteiger partial charge in [0.15, 0.2) is 20.7 Å². The van der Waals surface area contributed by atoms with Gasteiger partial charge < -0.3 is 5.32 Å². The van der Waals surface area contributed by atoms with Gasteiger partial charge in [0.2, 0.25) is 5.91 Å². The minimum atomic E-state index is -3.57. The molecule has 0 unspecified atom stereocenters. The van der Waals surface area contributed by atoms with Gasteiger partial charge in [-0.05, 0) is 31.4 Å². The molecule has 2 fully saturated rings. The molecular formula is C21H27N5O4S. The molecule has 166 valence electrons. The highest BCUT2D eigenvalue weighted by Gasteiger charge is 2.41. The number of carbonyl (C=O) groups excluding carboxylic acids is 2. The minimum Gasteiger partial charge on any atom is -0.316 e. The monoisotopic (exact) mass is 445 g/mol. The molecule has 0 radical (unpaired) electrons. The fourth-order valence-corrected chi connectivity index (χ4v) is 5.98. The molecule has 1 N–H and O–H groups in total. The first-order valence-electron chi connectivity index (χ1n) is 10.5. The van der Waals surface area contributed by atoms with Crippen LogP contribution >= 0.6 is 0 Å². The lowest BCUT2D eigenvalue weighted by molar-refractivity contribution is -0.124. The van der Waals surface area contributed by atoms with Crippen molar-refractivity contribution in [2.75, 3.05) is 16.8 Å². The fourth-order valence-electron chi connectivity index (χ4n) is 4.19. The van der Waals surface area contributed by atoms with Crippen LogP contribution in [0.5, 0.6) is 0 Å². The molecule has 2 aliphatic rings. The average molecular weight is 446 g/mol. The molecule has 31 heavy (non-hydrogen) atoms. The third kappa shape index (κ3) is 3.96. The van der Waals surface area contributed by atoms with E-state index >= 15 is 0 Å². The zero-order chi connectivity index (χ0) is 22.4. The second-order valence-corrected chi connectivity index (χ2v) is 11.1. The van der Waals surface area contributed by atoms with Crippen molar-refractivity contribution in [2.24, 2.45) is 12.5 Å². The summed E-state index contributed by atoms with van der Waals surface area (Å²) >= 11 is 0. The number of hydrogen-bond donors (Lipinski definition) is 1. The van der Waals surface area contributed by atoms with Crippen LogP contribution in [-0.2, 0) is 21.7 Å². The molecule has 4 rings (SSSR count). The molecule has 0 bridgehead atoms. The number of rotatable bonds is 5. The number of hydrogen-bond acceptors (Lipinski definition) is 6. The van der Waals surface area contributed by atoms with Crippen LogP contribution in [0.15, 0.2) is 29.4 Å². The Hall–Kier alpha value is -2.75. The Labute approximate surface area is 181 Å². The third-order valence-corrected chi connectivity index (χ3v) is 8.25. The van der Waals surface area contributed by atoms with Crippen LogP contribution in [-0.4, -0.2) is 46.8 Å². The van der Waals surface area contributed by atoms with Crippen molar-refractivity contribution < 1.29 is 18.0 Å². The molecule has 1 saturated carbocycles. The van der Waals surface area contributed by atoms with Gasteiger partial charge in [0.1, 0.15) is 11.4 Å². The van der Waals surface area contributed by atoms with E-state index in [1.807, 2.05) is 13.8 Å². The van der Waals surface area contributed by atoms with Gasteiger partial charge in [0, 0.05) is 19.0 Å². The van der Waals surface area contributed by atoms with Crippen molar-refractivity contribution >= 4 is 33.2 Å². The Balaban J connectivity index is 1.58. The van der Waals surface area contributed by atoms with Gasteiger partial charge in [-0.15, -0.1) is 0 Å². The summed E-state index contributed by atoms with van der Waals surface area (Å²) in [5, 5.41) is 6.59. The zero-order valence-electron chi connectivity index (χ0n) is 18.0. The Kier molecular flexibility index (Phi) is 5.36. The topological polar surface area (TPSA) is 114 Å². The molecule has 0 aromatic carbocycles. The summed E-state index contributed by atoms with van der Waals surface area (Å²) in [5.41, 5.74) is -0.102. The van der Waals surface area contributed by atoms with Crippen molar-refractivity contribution in [3.8, 4) is 0 Å². The van der Waals surface area contributed by atoms with Crippen LogP contribution in [0.2, 0.25) is 0 Å². The van der Waals surface area contributed by atoms with E-state index in [0.717, 1.165) is 12.8 Å². The predicted molar refractivity (Wildman–Crippen MR) is 116 cm³/mol. The predicted octanol–water partition coefficient (Wildman–Crippen LogP) is 2.55. The fraction of sp³-hybridized carbons (Fsp3) is 0.524. The largest absolute Gasteiger partial charge is 0.316 e. The number of amides is 2. The highest BCUT2D eigenvalue weighted by atomic mass is 32.2. The molecule has 9 nitrogen and oxygen atoms in total. The van der Waals surface area contributed by atoms with Crippen LogP contribution in [0.1, 0.15) is 56.4 Å². The van der Waals surface area contributed by atoms with Gasteiger partial charge in [0.05, 0.1) is 11.4 Å². The molecule has 1 aliphatic carbocycles. The van der Waals surface area contributed by atoms with Crippen LogP contribution in [0.3, 0.4) is 0 Å². The maximum absolute atomic E-state index is 12.9. The summed E-state index contributed by atoms with van der Waals surface area (Å²) in [6.07, 6.45) is 5.34. The summed E-state index contributed by atoms with van der Waals surface area (Å²) in [4.78, 5) is 31.3. The molecule has 10 heteroatoms. The summed E-state index contributed by atoms with van der Waals surface area (Å²) in [6, 6.07) is 4.44. The normalized spacial score (nSPS) is 19.2. The molecule has 1 saturated heterocycles. The molecule has 3 heterocycles. The van der Waals surface area contributed by atoms with Crippen molar-refractivity contribution in [3.63, 3.8) is 0 Å². The van der Waals surface area contributed by atoms with E-state index in [2.05, 4.69) is 15.4 Å². The van der Waals surface area contributed by atoms with Gasteiger partial charge in [-0.3, -0.25) is 19.2 Å². The number of carbonyl (C=O) groups is 2. The second-order valence-electron chi connectivity index (χ2n) is 8.90. The molecular weight excluding hydrogens is 418 g/mol. The van der Waals surface area contributed by atoms with E-state index in [-0.39, 0.29) is 16.6 Å². The van der Waals surface area contributed by atoms with Gasteiger partial charge >= 0.3 is 0 Å². The van der Waals surface area contributed by atoms with Crippen LogP contribution in [0.25, 0.3) is 0 Å². The van der Waals surface area contributed by atoms with Gasteiger partial charge in [-0.1, -0.05) is 32.8 Å². The van der Waals surface area contributed by atoms with Crippen LogP contribution in [0.4, 0.5) is 11.5 Å². The molecule has 1 aliphatic heterocycles. The Morgan fingerprint density at radius 1 is 1.23 bits per heavy atom. The second kappa shape index (κ2) is 7.74. The van der Waals surface area contributed by atoms with Crippen LogP contribution in [0, 0.1) is 5.41 Å². The molecule has 2 amide bonds. The molecule has 0 spiro atoms. The molecule has 2 aromatic heterocycles. The average Bonchev–Trinajstić information content (AvgIpc) is 3.44. The Morgan fingerprint density at radius 2 is 1.94 bits per heavy atom. The lowest BCUT2D eigenvalue weighted by atomic mass is 9.92. The van der Waals surface area contributed by atoms with Crippen molar-refractivity contribution in [3.05, 3.63) is 30.1 Å². The highest BCUT2D eigenvalue weighted by Crippen LogP contribution is 2.36. The number of pyridine rings is 1. The molecule has 2 aromatic rings. The first kappa shape index (κ1) is 21.5. The lowest BCUT2D eigenvalue weighted by Gasteiger charge is -2.18. The van der Waals surface area contributed by atoms with Crippen molar-refractivity contribution in [1.82, 2.24) is 14.8 Å².